The van der Waals surface area contributed by atoms with Gasteiger partial charge in [-0.1, -0.05) is 39.5 Å². The van der Waals surface area contributed by atoms with Gasteiger partial charge in [-0.3, -0.25) is 0 Å². The van der Waals surface area contributed by atoms with Crippen molar-refractivity contribution in [2.75, 3.05) is 33.3 Å². The van der Waals surface area contributed by atoms with Gasteiger partial charge in [0, 0.05) is 43.6 Å². The highest BCUT2D eigenvalue weighted by molar-refractivity contribution is 7.89. The first-order valence-corrected chi connectivity index (χ1v) is 12.9. The van der Waals surface area contributed by atoms with Gasteiger partial charge in [0.25, 0.3) is 0 Å². The van der Waals surface area contributed by atoms with Crippen molar-refractivity contribution in [1.82, 2.24) is 14.5 Å². The standard InChI is InChI=1S/C24H37N3O5S/c1-7-12-25-24(29)26(6)15-22-18(4)14-27(19(5)16-28)33(30,31)23-11-10-20(9-8-17(2)3)13-21(23)32-22/h10-11,13,17-19,22,28H,7,12,14-16H2,1-6H3,(H,25,29)/t18-,19-,22+/m0/s1. The SMILES string of the molecule is CCCNC(=O)N(C)C[C@H]1Oc2cc(C#CC(C)C)ccc2S(=O)(=O)N([C@@H](C)CO)C[C@@H]1C. The number of urea groups is 1. The second-order valence-electron chi connectivity index (χ2n) is 8.94. The van der Waals surface area contributed by atoms with Crippen molar-refractivity contribution in [1.29, 1.82) is 0 Å². The van der Waals surface area contributed by atoms with Gasteiger partial charge in [-0.25, -0.2) is 13.2 Å². The van der Waals surface area contributed by atoms with Gasteiger partial charge in [0.2, 0.25) is 10.0 Å². The molecule has 2 rings (SSSR count). The topological polar surface area (TPSA) is 99.2 Å². The Labute approximate surface area is 198 Å². The first kappa shape index (κ1) is 27.0. The number of aliphatic hydroxyl groups is 1. The van der Waals surface area contributed by atoms with Gasteiger partial charge in [-0.05, 0) is 31.5 Å². The molecule has 2 amide bonds. The van der Waals surface area contributed by atoms with E-state index >= 15 is 0 Å². The Bertz CT molecular complexity index is 984. The van der Waals surface area contributed by atoms with Gasteiger partial charge in [0.1, 0.15) is 16.7 Å². The van der Waals surface area contributed by atoms with E-state index in [0.717, 1.165) is 6.42 Å². The average Bonchev–Trinajstić information content (AvgIpc) is 2.77. The third-order valence-corrected chi connectivity index (χ3v) is 7.52. The molecule has 1 aliphatic rings. The first-order chi connectivity index (χ1) is 15.5. The van der Waals surface area contributed by atoms with Gasteiger partial charge in [-0.15, -0.1) is 0 Å². The number of nitrogens with one attached hydrogen (secondary N) is 1. The number of nitrogens with zero attached hydrogens (tertiary/aromatic N) is 2. The molecule has 1 aliphatic heterocycles. The lowest BCUT2D eigenvalue weighted by atomic mass is 10.0. The molecular weight excluding hydrogens is 442 g/mol. The molecule has 0 saturated heterocycles. The smallest absolute Gasteiger partial charge is 0.317 e. The second-order valence-corrected chi connectivity index (χ2v) is 10.8. The van der Waals surface area contributed by atoms with Gasteiger partial charge >= 0.3 is 6.03 Å². The van der Waals surface area contributed by atoms with Crippen LogP contribution in [0.4, 0.5) is 4.79 Å². The molecule has 8 nitrogen and oxygen atoms in total. The van der Waals surface area contributed by atoms with Crippen molar-refractivity contribution >= 4 is 16.1 Å². The third-order valence-electron chi connectivity index (χ3n) is 5.50. The van der Waals surface area contributed by atoms with Crippen LogP contribution in [0.3, 0.4) is 0 Å². The molecular formula is C24H37N3O5S. The number of benzene rings is 1. The fourth-order valence-corrected chi connectivity index (χ4v) is 5.29. The number of carbonyl (C=O) groups excluding carboxylic acids is 1. The summed E-state index contributed by atoms with van der Waals surface area (Å²) in [6.07, 6.45) is 0.369. The number of aliphatic hydroxyl groups excluding tert-OH is 1. The normalized spacial score (nSPS) is 21.0. The van der Waals surface area contributed by atoms with Crippen LogP contribution in [-0.2, 0) is 10.0 Å². The lowest BCUT2D eigenvalue weighted by Gasteiger charge is -2.37. The summed E-state index contributed by atoms with van der Waals surface area (Å²) in [5.74, 6) is 6.27. The van der Waals surface area contributed by atoms with Crippen LogP contribution in [0.5, 0.6) is 5.75 Å². The zero-order valence-corrected chi connectivity index (χ0v) is 21.3. The Balaban J connectivity index is 2.51. The summed E-state index contributed by atoms with van der Waals surface area (Å²) in [4.78, 5) is 14.0. The van der Waals surface area contributed by atoms with Gasteiger partial charge in [0.15, 0.2) is 0 Å². The number of ether oxygens (including phenoxy) is 1. The zero-order chi connectivity index (χ0) is 24.8. The van der Waals surface area contributed by atoms with E-state index in [9.17, 15) is 18.3 Å². The summed E-state index contributed by atoms with van der Waals surface area (Å²) in [6, 6.07) is 4.01. The molecule has 3 atom stereocenters. The Morgan fingerprint density at radius 1 is 1.36 bits per heavy atom. The van der Waals surface area contributed by atoms with E-state index in [-0.39, 0.29) is 48.2 Å². The monoisotopic (exact) mass is 479 g/mol. The molecule has 1 aromatic carbocycles. The lowest BCUT2D eigenvalue weighted by Crippen LogP contribution is -2.51. The van der Waals surface area contributed by atoms with Crippen molar-refractivity contribution in [3.05, 3.63) is 23.8 Å². The molecule has 0 saturated carbocycles. The van der Waals surface area contributed by atoms with E-state index in [0.29, 0.717) is 12.1 Å². The number of hydrogen-bond donors (Lipinski definition) is 2. The number of hydrogen-bond acceptors (Lipinski definition) is 5. The fraction of sp³-hybridized carbons (Fsp3) is 0.625. The van der Waals surface area contributed by atoms with Crippen LogP contribution < -0.4 is 10.1 Å². The van der Waals surface area contributed by atoms with Crippen LogP contribution in [-0.4, -0.2) is 74.2 Å². The summed E-state index contributed by atoms with van der Waals surface area (Å²) in [6.45, 7) is 10.2. The molecule has 0 aromatic heterocycles. The van der Waals surface area contributed by atoms with Crippen LogP contribution in [0.2, 0.25) is 0 Å². The Morgan fingerprint density at radius 3 is 2.67 bits per heavy atom. The minimum atomic E-state index is -3.91. The van der Waals surface area contributed by atoms with Crippen molar-refractivity contribution in [2.45, 2.75) is 58.1 Å². The maximum absolute atomic E-state index is 13.5. The summed E-state index contributed by atoms with van der Waals surface area (Å²) < 4.78 is 34.5. The molecule has 33 heavy (non-hydrogen) atoms. The van der Waals surface area contributed by atoms with Crippen LogP contribution in [0.25, 0.3) is 0 Å². The summed E-state index contributed by atoms with van der Waals surface area (Å²) in [5.41, 5.74) is 0.653. The van der Waals surface area contributed by atoms with Gasteiger partial charge in [-0.2, -0.15) is 4.31 Å². The Kier molecular flexibility index (Phi) is 9.58. The molecule has 9 heteroatoms. The zero-order valence-electron chi connectivity index (χ0n) is 20.5. The highest BCUT2D eigenvalue weighted by atomic mass is 32.2. The third kappa shape index (κ3) is 6.85. The summed E-state index contributed by atoms with van der Waals surface area (Å²) in [7, 11) is -2.22. The van der Waals surface area contributed by atoms with E-state index in [4.69, 9.17) is 4.74 Å². The van der Waals surface area contributed by atoms with E-state index in [1.54, 1.807) is 31.0 Å². The van der Waals surface area contributed by atoms with Crippen molar-refractivity contribution < 1.29 is 23.1 Å². The van der Waals surface area contributed by atoms with E-state index in [1.165, 1.54) is 10.4 Å². The number of amides is 2. The van der Waals surface area contributed by atoms with Crippen LogP contribution in [0, 0.1) is 23.7 Å². The lowest BCUT2D eigenvalue weighted by molar-refractivity contribution is 0.0812. The molecule has 0 fully saturated rings. The Hall–Kier alpha value is -2.28. The molecule has 0 unspecified atom stereocenters. The number of sulfonamides is 1. The minimum absolute atomic E-state index is 0.0351. The quantitative estimate of drug-likeness (QED) is 0.611. The van der Waals surface area contributed by atoms with E-state index in [2.05, 4.69) is 17.2 Å². The molecule has 0 radical (unpaired) electrons. The number of likely N-dealkylation sites (N-methyl/N-ethyl adjacent to an activating group) is 1. The molecule has 0 aliphatic carbocycles. The highest BCUT2D eigenvalue weighted by Gasteiger charge is 2.38. The highest BCUT2D eigenvalue weighted by Crippen LogP contribution is 2.34. The first-order valence-electron chi connectivity index (χ1n) is 11.4. The fourth-order valence-electron chi connectivity index (χ4n) is 3.47. The number of carbonyl (C=O) groups is 1. The molecule has 0 spiro atoms. The second kappa shape index (κ2) is 11.7. The van der Waals surface area contributed by atoms with Crippen molar-refractivity contribution in [3.63, 3.8) is 0 Å². The largest absolute Gasteiger partial charge is 0.487 e. The predicted molar refractivity (Wildman–Crippen MR) is 128 cm³/mol. The number of rotatable bonds is 6. The van der Waals surface area contributed by atoms with Crippen LogP contribution in [0.1, 0.15) is 46.6 Å². The average molecular weight is 480 g/mol. The van der Waals surface area contributed by atoms with Crippen LogP contribution in [0.15, 0.2) is 23.1 Å². The van der Waals surface area contributed by atoms with Gasteiger partial charge in [0.05, 0.1) is 13.2 Å². The van der Waals surface area contributed by atoms with Gasteiger partial charge < -0.3 is 20.1 Å². The molecule has 1 heterocycles. The number of fused-ring (bicyclic) bond motifs is 1. The molecule has 1 aromatic rings. The minimum Gasteiger partial charge on any atom is -0.487 e. The maximum atomic E-state index is 13.5. The maximum Gasteiger partial charge on any atom is 0.317 e. The Morgan fingerprint density at radius 2 is 2.06 bits per heavy atom. The molecule has 2 N–H and O–H groups in total. The van der Waals surface area contributed by atoms with Crippen molar-refractivity contribution in [3.8, 4) is 17.6 Å². The van der Waals surface area contributed by atoms with E-state index < -0.39 is 22.2 Å². The summed E-state index contributed by atoms with van der Waals surface area (Å²) >= 11 is 0. The van der Waals surface area contributed by atoms with Crippen molar-refractivity contribution in [2.24, 2.45) is 11.8 Å². The molecule has 0 bridgehead atoms. The van der Waals surface area contributed by atoms with Crippen LogP contribution >= 0.6 is 0 Å². The van der Waals surface area contributed by atoms with E-state index in [1.807, 2.05) is 27.7 Å². The molecule has 184 valence electrons. The predicted octanol–water partition coefficient (Wildman–Crippen LogP) is 2.51. The summed E-state index contributed by atoms with van der Waals surface area (Å²) in [5, 5.41) is 12.6.